The van der Waals surface area contributed by atoms with Crippen LogP contribution in [0.25, 0.3) is 0 Å². The highest BCUT2D eigenvalue weighted by molar-refractivity contribution is 5.76. The van der Waals surface area contributed by atoms with E-state index in [1.807, 2.05) is 45.9 Å². The summed E-state index contributed by atoms with van der Waals surface area (Å²) in [6.07, 6.45) is 1.01. The first kappa shape index (κ1) is 17.5. The third kappa shape index (κ3) is 6.17. The smallest absolute Gasteiger partial charge is 0.223 e. The van der Waals surface area contributed by atoms with Gasteiger partial charge in [0, 0.05) is 13.2 Å². The zero-order valence-electron chi connectivity index (χ0n) is 13.5. The van der Waals surface area contributed by atoms with Crippen molar-refractivity contribution in [3.05, 3.63) is 29.3 Å². The van der Waals surface area contributed by atoms with Crippen LogP contribution in [-0.4, -0.2) is 30.8 Å². The lowest BCUT2D eigenvalue weighted by molar-refractivity contribution is -0.122. The fraction of sp³-hybridized carbons (Fsp3) is 0.588. The lowest BCUT2D eigenvalue weighted by Crippen LogP contribution is -2.35. The average Bonchev–Trinajstić information content (AvgIpc) is 2.41. The van der Waals surface area contributed by atoms with Crippen LogP contribution in [0.1, 0.15) is 37.8 Å². The number of ether oxygens (including phenoxy) is 1. The monoisotopic (exact) mass is 293 g/mol. The van der Waals surface area contributed by atoms with Gasteiger partial charge in [0.15, 0.2) is 0 Å². The molecule has 0 aliphatic rings. The van der Waals surface area contributed by atoms with Crippen LogP contribution in [0.15, 0.2) is 18.2 Å². The van der Waals surface area contributed by atoms with Crippen LogP contribution in [0.3, 0.4) is 0 Å². The highest BCUT2D eigenvalue weighted by Crippen LogP contribution is 2.20. The molecule has 118 valence electrons. The third-order valence-electron chi connectivity index (χ3n) is 3.69. The highest BCUT2D eigenvalue weighted by atomic mass is 16.5. The van der Waals surface area contributed by atoms with Crippen molar-refractivity contribution in [2.24, 2.45) is 5.41 Å². The van der Waals surface area contributed by atoms with Crippen molar-refractivity contribution in [2.45, 2.75) is 40.5 Å². The van der Waals surface area contributed by atoms with Gasteiger partial charge in [-0.05, 0) is 42.9 Å². The number of amides is 1. The third-order valence-corrected chi connectivity index (χ3v) is 3.69. The fourth-order valence-corrected chi connectivity index (χ4v) is 1.95. The molecule has 0 aromatic heterocycles. The largest absolute Gasteiger partial charge is 0.493 e. The van der Waals surface area contributed by atoms with E-state index in [-0.39, 0.29) is 17.9 Å². The van der Waals surface area contributed by atoms with E-state index in [0.717, 1.165) is 11.3 Å². The molecule has 1 amide bonds. The first-order valence-corrected chi connectivity index (χ1v) is 7.42. The van der Waals surface area contributed by atoms with E-state index < -0.39 is 0 Å². The maximum Gasteiger partial charge on any atom is 0.223 e. The summed E-state index contributed by atoms with van der Waals surface area (Å²) >= 11 is 0. The molecule has 1 aromatic carbocycles. The quantitative estimate of drug-likeness (QED) is 0.774. The van der Waals surface area contributed by atoms with E-state index in [0.29, 0.717) is 26.0 Å². The van der Waals surface area contributed by atoms with Crippen molar-refractivity contribution in [3.63, 3.8) is 0 Å². The van der Waals surface area contributed by atoms with E-state index in [4.69, 9.17) is 9.84 Å². The van der Waals surface area contributed by atoms with E-state index in [1.54, 1.807) is 0 Å². The lowest BCUT2D eigenvalue weighted by Gasteiger charge is -2.23. The first-order valence-electron chi connectivity index (χ1n) is 7.42. The van der Waals surface area contributed by atoms with Crippen molar-refractivity contribution < 1.29 is 14.6 Å². The topological polar surface area (TPSA) is 58.6 Å². The first-order chi connectivity index (χ1) is 9.85. The molecule has 0 saturated heterocycles. The molecule has 0 radical (unpaired) electrons. The Kier molecular flexibility index (Phi) is 6.69. The minimum absolute atomic E-state index is 0.0219. The summed E-state index contributed by atoms with van der Waals surface area (Å²) in [5.41, 5.74) is 2.21. The molecule has 0 heterocycles. The molecule has 4 nitrogen and oxygen atoms in total. The number of hydrogen-bond donors (Lipinski definition) is 2. The second kappa shape index (κ2) is 8.03. The summed E-state index contributed by atoms with van der Waals surface area (Å²) in [5, 5.41) is 11.8. The molecular weight excluding hydrogens is 266 g/mol. The second-order valence-electron chi connectivity index (χ2n) is 6.21. The number of aliphatic hydroxyl groups excluding tert-OH is 1. The molecule has 1 aromatic rings. The molecule has 0 bridgehead atoms. The Morgan fingerprint density at radius 2 is 2.05 bits per heavy atom. The highest BCUT2D eigenvalue weighted by Gasteiger charge is 2.18. The van der Waals surface area contributed by atoms with Crippen LogP contribution in [0.4, 0.5) is 0 Å². The normalized spacial score (nSPS) is 11.3. The Balaban J connectivity index is 2.32. The van der Waals surface area contributed by atoms with Crippen LogP contribution < -0.4 is 10.1 Å². The number of rotatable bonds is 8. The van der Waals surface area contributed by atoms with Crippen molar-refractivity contribution in [1.82, 2.24) is 5.32 Å². The predicted molar refractivity (Wildman–Crippen MR) is 84.5 cm³/mol. The summed E-state index contributed by atoms with van der Waals surface area (Å²) in [5.74, 6) is 0.815. The SMILES string of the molecule is Cc1cccc(OCCC(=O)NCC(C)(C)CCO)c1C. The average molecular weight is 293 g/mol. The van der Waals surface area contributed by atoms with Gasteiger partial charge in [-0.25, -0.2) is 0 Å². The molecule has 1 rings (SSSR count). The zero-order chi connectivity index (χ0) is 15.9. The van der Waals surface area contributed by atoms with Gasteiger partial charge in [-0.15, -0.1) is 0 Å². The molecule has 0 fully saturated rings. The van der Waals surface area contributed by atoms with Crippen LogP contribution in [0, 0.1) is 19.3 Å². The summed E-state index contributed by atoms with van der Waals surface area (Å²) in [6, 6.07) is 5.91. The molecule has 0 aliphatic carbocycles. The van der Waals surface area contributed by atoms with Gasteiger partial charge in [-0.1, -0.05) is 26.0 Å². The van der Waals surface area contributed by atoms with Crippen LogP contribution in [0.2, 0.25) is 0 Å². The van der Waals surface area contributed by atoms with Gasteiger partial charge in [0.2, 0.25) is 5.91 Å². The predicted octanol–water partition coefficient (Wildman–Crippen LogP) is 2.60. The van der Waals surface area contributed by atoms with E-state index in [2.05, 4.69) is 5.32 Å². The Bertz CT molecular complexity index is 469. The van der Waals surface area contributed by atoms with Gasteiger partial charge in [0.25, 0.3) is 0 Å². The fourth-order valence-electron chi connectivity index (χ4n) is 1.95. The van der Waals surface area contributed by atoms with Crippen LogP contribution >= 0.6 is 0 Å². The maximum absolute atomic E-state index is 11.8. The van der Waals surface area contributed by atoms with E-state index in [9.17, 15) is 4.79 Å². The van der Waals surface area contributed by atoms with Crippen molar-refractivity contribution in [1.29, 1.82) is 0 Å². The Morgan fingerprint density at radius 3 is 2.71 bits per heavy atom. The van der Waals surface area contributed by atoms with Crippen molar-refractivity contribution in [3.8, 4) is 5.75 Å². The van der Waals surface area contributed by atoms with Crippen molar-refractivity contribution >= 4 is 5.91 Å². The molecule has 2 N–H and O–H groups in total. The molecule has 0 saturated carbocycles. The van der Waals surface area contributed by atoms with Crippen LogP contribution in [-0.2, 0) is 4.79 Å². The molecule has 0 unspecified atom stereocenters. The Morgan fingerprint density at radius 1 is 1.33 bits per heavy atom. The number of hydrogen-bond acceptors (Lipinski definition) is 3. The molecule has 4 heteroatoms. The molecule has 0 aliphatic heterocycles. The second-order valence-corrected chi connectivity index (χ2v) is 6.21. The molecule has 0 atom stereocenters. The van der Waals surface area contributed by atoms with E-state index in [1.165, 1.54) is 5.56 Å². The van der Waals surface area contributed by atoms with Gasteiger partial charge in [-0.2, -0.15) is 0 Å². The van der Waals surface area contributed by atoms with E-state index >= 15 is 0 Å². The summed E-state index contributed by atoms with van der Waals surface area (Å²) < 4.78 is 5.67. The number of carbonyl (C=O) groups is 1. The number of aryl methyl sites for hydroxylation is 1. The number of benzene rings is 1. The minimum atomic E-state index is -0.0849. The summed E-state index contributed by atoms with van der Waals surface area (Å²) in [6.45, 7) is 9.18. The standard InChI is InChI=1S/C17H27NO3/c1-13-6-5-7-15(14(13)2)21-11-8-16(20)18-12-17(3,4)9-10-19/h5-7,19H,8-12H2,1-4H3,(H,18,20). The van der Waals surface area contributed by atoms with Gasteiger partial charge in [0.1, 0.15) is 5.75 Å². The number of nitrogens with one attached hydrogen (secondary N) is 1. The number of aliphatic hydroxyl groups is 1. The molecule has 0 spiro atoms. The molecular formula is C17H27NO3. The zero-order valence-corrected chi connectivity index (χ0v) is 13.5. The van der Waals surface area contributed by atoms with Gasteiger partial charge < -0.3 is 15.2 Å². The van der Waals surface area contributed by atoms with Crippen molar-refractivity contribution in [2.75, 3.05) is 19.8 Å². The summed E-state index contributed by atoms with van der Waals surface area (Å²) in [4.78, 5) is 11.8. The molecule has 21 heavy (non-hydrogen) atoms. The Labute approximate surface area is 127 Å². The minimum Gasteiger partial charge on any atom is -0.493 e. The lowest BCUT2D eigenvalue weighted by atomic mass is 9.90. The van der Waals surface area contributed by atoms with Gasteiger partial charge in [0.05, 0.1) is 13.0 Å². The van der Waals surface area contributed by atoms with Gasteiger partial charge >= 0.3 is 0 Å². The number of carbonyl (C=O) groups excluding carboxylic acids is 1. The summed E-state index contributed by atoms with van der Waals surface area (Å²) in [7, 11) is 0. The maximum atomic E-state index is 11.8. The van der Waals surface area contributed by atoms with Crippen LogP contribution in [0.5, 0.6) is 5.75 Å². The van der Waals surface area contributed by atoms with Gasteiger partial charge in [-0.3, -0.25) is 4.79 Å². The Hall–Kier alpha value is -1.55.